The maximum absolute atomic E-state index is 12.6. The molecule has 0 spiro atoms. The number of nitrogens with one attached hydrogen (secondary N) is 1. The van der Waals surface area contributed by atoms with Gasteiger partial charge in [0.2, 0.25) is 0 Å². The van der Waals surface area contributed by atoms with Crippen LogP contribution >= 0.6 is 11.6 Å². The Kier molecular flexibility index (Phi) is 6.12. The highest BCUT2D eigenvalue weighted by molar-refractivity contribution is 6.31. The Bertz CT molecular complexity index is 435. The number of rotatable bonds is 6. The van der Waals surface area contributed by atoms with Gasteiger partial charge in [-0.15, -0.1) is 0 Å². The van der Waals surface area contributed by atoms with Gasteiger partial charge in [0, 0.05) is 37.0 Å². The number of carbonyl (C=O) groups excluding carboxylic acids is 1. The molecule has 0 fully saturated rings. The Morgan fingerprint density at radius 1 is 1.47 bits per heavy atom. The fourth-order valence-corrected chi connectivity index (χ4v) is 2.07. The van der Waals surface area contributed by atoms with Crippen LogP contribution in [0.1, 0.15) is 30.6 Å². The molecule has 0 atom stereocenters. The third-order valence-corrected chi connectivity index (χ3v) is 3.16. The molecule has 1 rings (SSSR count). The summed E-state index contributed by atoms with van der Waals surface area (Å²) >= 11 is 5.97. The highest BCUT2D eigenvalue weighted by atomic mass is 35.5. The maximum atomic E-state index is 12.6. The third kappa shape index (κ3) is 4.11. The zero-order valence-corrected chi connectivity index (χ0v) is 12.4. The van der Waals surface area contributed by atoms with E-state index in [4.69, 9.17) is 16.7 Å². The van der Waals surface area contributed by atoms with Crippen LogP contribution in [-0.4, -0.2) is 42.2 Å². The van der Waals surface area contributed by atoms with Gasteiger partial charge in [-0.3, -0.25) is 4.79 Å². The number of benzene rings is 1. The van der Waals surface area contributed by atoms with E-state index in [1.54, 1.807) is 30.1 Å². The number of hydrogen-bond acceptors (Lipinski definition) is 3. The molecule has 0 aliphatic rings. The van der Waals surface area contributed by atoms with Crippen molar-refractivity contribution >= 4 is 23.2 Å². The predicted molar refractivity (Wildman–Crippen MR) is 78.9 cm³/mol. The van der Waals surface area contributed by atoms with Crippen LogP contribution in [0.2, 0.25) is 5.02 Å². The zero-order valence-electron chi connectivity index (χ0n) is 11.6. The lowest BCUT2D eigenvalue weighted by Crippen LogP contribution is -2.38. The topological polar surface area (TPSA) is 52.6 Å². The van der Waals surface area contributed by atoms with Crippen molar-refractivity contribution in [3.05, 3.63) is 28.8 Å². The summed E-state index contributed by atoms with van der Waals surface area (Å²) in [5, 5.41) is 12.5. The van der Waals surface area contributed by atoms with Crippen molar-refractivity contribution in [2.45, 2.75) is 26.3 Å². The maximum Gasteiger partial charge on any atom is 0.256 e. The zero-order chi connectivity index (χ0) is 14.4. The Morgan fingerprint density at radius 3 is 2.68 bits per heavy atom. The highest BCUT2D eigenvalue weighted by Gasteiger charge is 2.21. The lowest BCUT2D eigenvalue weighted by Gasteiger charge is -2.27. The first-order valence-corrected chi connectivity index (χ1v) is 6.78. The molecule has 0 heterocycles. The minimum atomic E-state index is -0.0738. The van der Waals surface area contributed by atoms with Crippen LogP contribution in [0.25, 0.3) is 0 Å². The molecule has 0 radical (unpaired) electrons. The van der Waals surface area contributed by atoms with Crippen molar-refractivity contribution in [3.8, 4) is 0 Å². The van der Waals surface area contributed by atoms with E-state index in [9.17, 15) is 4.79 Å². The third-order valence-electron chi connectivity index (χ3n) is 2.92. The fourth-order valence-electron chi connectivity index (χ4n) is 1.90. The number of hydrogen-bond donors (Lipinski definition) is 2. The number of aliphatic hydroxyl groups is 1. The van der Waals surface area contributed by atoms with Crippen molar-refractivity contribution in [3.63, 3.8) is 0 Å². The van der Waals surface area contributed by atoms with Crippen LogP contribution in [0.4, 0.5) is 5.69 Å². The SMILES string of the molecule is CNc1ccc(Cl)cc1C(=O)N(CCCO)C(C)C. The summed E-state index contributed by atoms with van der Waals surface area (Å²) < 4.78 is 0. The summed E-state index contributed by atoms with van der Waals surface area (Å²) in [4.78, 5) is 14.3. The first-order valence-electron chi connectivity index (χ1n) is 6.40. The Labute approximate surface area is 119 Å². The number of anilines is 1. The quantitative estimate of drug-likeness (QED) is 0.844. The van der Waals surface area contributed by atoms with E-state index in [0.717, 1.165) is 5.69 Å². The molecule has 0 aliphatic heterocycles. The van der Waals surface area contributed by atoms with Gasteiger partial charge in [0.1, 0.15) is 0 Å². The summed E-state index contributed by atoms with van der Waals surface area (Å²) in [6, 6.07) is 5.28. The van der Waals surface area contributed by atoms with E-state index >= 15 is 0 Å². The summed E-state index contributed by atoms with van der Waals surface area (Å²) in [5.74, 6) is -0.0738. The summed E-state index contributed by atoms with van der Waals surface area (Å²) in [7, 11) is 1.77. The fraction of sp³-hybridized carbons (Fsp3) is 0.500. The molecule has 0 saturated heterocycles. The average molecular weight is 285 g/mol. The number of carbonyl (C=O) groups is 1. The molecule has 106 valence electrons. The number of aliphatic hydroxyl groups excluding tert-OH is 1. The van der Waals surface area contributed by atoms with Crippen LogP contribution in [-0.2, 0) is 0 Å². The van der Waals surface area contributed by atoms with Gasteiger partial charge in [-0.25, -0.2) is 0 Å². The van der Waals surface area contributed by atoms with E-state index in [1.807, 2.05) is 13.8 Å². The van der Waals surface area contributed by atoms with Gasteiger partial charge >= 0.3 is 0 Å². The molecular formula is C14H21ClN2O2. The monoisotopic (exact) mass is 284 g/mol. The van der Waals surface area contributed by atoms with E-state index < -0.39 is 0 Å². The van der Waals surface area contributed by atoms with Gasteiger partial charge in [-0.2, -0.15) is 0 Å². The van der Waals surface area contributed by atoms with E-state index in [-0.39, 0.29) is 18.6 Å². The molecule has 19 heavy (non-hydrogen) atoms. The molecule has 0 aliphatic carbocycles. The van der Waals surface area contributed by atoms with Gasteiger partial charge in [0.05, 0.1) is 5.56 Å². The van der Waals surface area contributed by atoms with Crippen molar-refractivity contribution in [2.75, 3.05) is 25.5 Å². The molecular weight excluding hydrogens is 264 g/mol. The predicted octanol–water partition coefficient (Wildman–Crippen LogP) is 2.61. The average Bonchev–Trinajstić information content (AvgIpc) is 2.38. The Morgan fingerprint density at radius 2 is 2.16 bits per heavy atom. The van der Waals surface area contributed by atoms with E-state index in [0.29, 0.717) is 23.6 Å². The van der Waals surface area contributed by atoms with Crippen LogP contribution in [0.5, 0.6) is 0 Å². The number of amides is 1. The summed E-state index contributed by atoms with van der Waals surface area (Å²) in [6.45, 7) is 4.52. The van der Waals surface area contributed by atoms with Gasteiger partial charge in [0.25, 0.3) is 5.91 Å². The van der Waals surface area contributed by atoms with Crippen LogP contribution in [0, 0.1) is 0 Å². The van der Waals surface area contributed by atoms with Crippen molar-refractivity contribution in [1.29, 1.82) is 0 Å². The Balaban J connectivity index is 3.04. The molecule has 1 aromatic rings. The first kappa shape index (κ1) is 15.8. The molecule has 0 aromatic heterocycles. The second kappa shape index (κ2) is 7.36. The molecule has 1 aromatic carbocycles. The summed E-state index contributed by atoms with van der Waals surface area (Å²) in [6.07, 6.45) is 0.569. The molecule has 4 nitrogen and oxygen atoms in total. The number of halogens is 1. The molecule has 2 N–H and O–H groups in total. The van der Waals surface area contributed by atoms with Crippen LogP contribution in [0.15, 0.2) is 18.2 Å². The normalized spacial score (nSPS) is 10.6. The second-order valence-corrected chi connectivity index (χ2v) is 5.05. The van der Waals surface area contributed by atoms with E-state index in [1.165, 1.54) is 0 Å². The van der Waals surface area contributed by atoms with Crippen LogP contribution < -0.4 is 5.32 Å². The minimum absolute atomic E-state index is 0.0720. The molecule has 0 unspecified atom stereocenters. The highest BCUT2D eigenvalue weighted by Crippen LogP contribution is 2.22. The summed E-state index contributed by atoms with van der Waals surface area (Å²) in [5.41, 5.74) is 1.31. The number of nitrogens with zero attached hydrogens (tertiary/aromatic N) is 1. The minimum Gasteiger partial charge on any atom is -0.396 e. The van der Waals surface area contributed by atoms with Gasteiger partial charge in [0.15, 0.2) is 0 Å². The molecule has 0 bridgehead atoms. The smallest absolute Gasteiger partial charge is 0.256 e. The van der Waals surface area contributed by atoms with Crippen LogP contribution in [0.3, 0.4) is 0 Å². The largest absolute Gasteiger partial charge is 0.396 e. The van der Waals surface area contributed by atoms with Crippen molar-refractivity contribution in [1.82, 2.24) is 4.90 Å². The lowest BCUT2D eigenvalue weighted by molar-refractivity contribution is 0.0694. The Hall–Kier alpha value is -1.26. The lowest BCUT2D eigenvalue weighted by atomic mass is 10.1. The standard InChI is InChI=1S/C14H21ClN2O2/c1-10(2)17(7-4-8-18)14(19)12-9-11(15)5-6-13(12)16-3/h5-6,9-10,16,18H,4,7-8H2,1-3H3. The van der Waals surface area contributed by atoms with Gasteiger partial charge < -0.3 is 15.3 Å². The second-order valence-electron chi connectivity index (χ2n) is 4.61. The molecule has 1 amide bonds. The van der Waals surface area contributed by atoms with Crippen molar-refractivity contribution < 1.29 is 9.90 Å². The van der Waals surface area contributed by atoms with Crippen molar-refractivity contribution in [2.24, 2.45) is 0 Å². The van der Waals surface area contributed by atoms with Gasteiger partial charge in [-0.1, -0.05) is 11.6 Å². The van der Waals surface area contributed by atoms with E-state index in [2.05, 4.69) is 5.32 Å². The molecule has 5 heteroatoms. The molecule has 0 saturated carbocycles. The first-order chi connectivity index (χ1) is 9.01. The van der Waals surface area contributed by atoms with Gasteiger partial charge in [-0.05, 0) is 38.5 Å².